The molecule has 1 atom stereocenters. The average molecular weight is 434 g/mol. The number of aliphatic hydroxyl groups is 1. The summed E-state index contributed by atoms with van der Waals surface area (Å²) in [6.07, 6.45) is 3.26. The number of aromatic nitrogens is 3. The number of nitrogens with zero attached hydrogens (tertiary/aromatic N) is 3. The Kier molecular flexibility index (Phi) is 5.94. The zero-order valence-corrected chi connectivity index (χ0v) is 17.0. The molecular formula is C19H17Cl2N5O3. The van der Waals surface area contributed by atoms with Gasteiger partial charge in [0.25, 0.3) is 5.56 Å². The van der Waals surface area contributed by atoms with Gasteiger partial charge in [0.1, 0.15) is 12.3 Å². The zero-order chi connectivity index (χ0) is 21.3. The van der Waals surface area contributed by atoms with Crippen molar-refractivity contribution < 1.29 is 5.11 Å². The molecule has 10 heteroatoms. The lowest BCUT2D eigenvalue weighted by Crippen LogP contribution is -2.33. The Balaban J connectivity index is 1.99. The van der Waals surface area contributed by atoms with Crippen LogP contribution in [0.2, 0.25) is 10.0 Å². The largest absolute Gasteiger partial charge is 0.370 e. The summed E-state index contributed by atoms with van der Waals surface area (Å²) in [7, 11) is 0. The van der Waals surface area contributed by atoms with E-state index in [0.29, 0.717) is 12.0 Å². The van der Waals surface area contributed by atoms with Crippen molar-refractivity contribution in [2.24, 2.45) is 5.92 Å². The summed E-state index contributed by atoms with van der Waals surface area (Å²) in [6, 6.07) is 4.59. The van der Waals surface area contributed by atoms with E-state index in [2.05, 4.69) is 10.4 Å². The van der Waals surface area contributed by atoms with E-state index < -0.39 is 23.2 Å². The van der Waals surface area contributed by atoms with Gasteiger partial charge in [-0.25, -0.2) is 4.79 Å². The number of dihydropyridines is 1. The summed E-state index contributed by atoms with van der Waals surface area (Å²) in [6.45, 7) is 3.97. The van der Waals surface area contributed by atoms with Crippen molar-refractivity contribution in [1.29, 1.82) is 5.26 Å². The van der Waals surface area contributed by atoms with Gasteiger partial charge in [-0.1, -0.05) is 43.1 Å². The fourth-order valence-corrected chi connectivity index (χ4v) is 3.54. The van der Waals surface area contributed by atoms with Crippen molar-refractivity contribution in [2.45, 2.75) is 26.5 Å². The minimum atomic E-state index is -0.866. The van der Waals surface area contributed by atoms with Crippen LogP contribution in [0.4, 0.5) is 0 Å². The van der Waals surface area contributed by atoms with Gasteiger partial charge in [0.2, 0.25) is 5.69 Å². The van der Waals surface area contributed by atoms with Crippen molar-refractivity contribution in [3.05, 3.63) is 77.7 Å². The Bertz CT molecular complexity index is 1160. The quantitative estimate of drug-likeness (QED) is 0.677. The summed E-state index contributed by atoms with van der Waals surface area (Å²) in [5.74, 6) is 0.155. The van der Waals surface area contributed by atoms with Crippen LogP contribution in [-0.2, 0) is 6.42 Å². The minimum Gasteiger partial charge on any atom is -0.370 e. The lowest BCUT2D eigenvalue weighted by atomic mass is 9.94. The molecule has 8 nitrogen and oxygen atoms in total. The smallest absolute Gasteiger partial charge is 0.349 e. The molecule has 2 heterocycles. The molecule has 0 aliphatic carbocycles. The summed E-state index contributed by atoms with van der Waals surface area (Å²) >= 11 is 12.8. The van der Waals surface area contributed by atoms with Crippen molar-refractivity contribution in [2.75, 3.05) is 0 Å². The van der Waals surface area contributed by atoms with E-state index in [9.17, 15) is 14.7 Å². The molecule has 3 rings (SSSR count). The molecule has 1 aromatic carbocycles. The normalized spacial score (nSPS) is 16.1. The van der Waals surface area contributed by atoms with Gasteiger partial charge in [0.05, 0.1) is 5.69 Å². The van der Waals surface area contributed by atoms with Gasteiger partial charge in [-0.2, -0.15) is 9.94 Å². The van der Waals surface area contributed by atoms with Crippen molar-refractivity contribution in [1.82, 2.24) is 20.1 Å². The van der Waals surface area contributed by atoms with E-state index in [-0.39, 0.29) is 21.7 Å². The molecule has 3 N–H and O–H groups in total. The van der Waals surface area contributed by atoms with Crippen LogP contribution >= 0.6 is 23.2 Å². The highest BCUT2D eigenvalue weighted by Crippen LogP contribution is 2.31. The molecule has 29 heavy (non-hydrogen) atoms. The minimum absolute atomic E-state index is 0.155. The number of nitriles is 1. The molecule has 1 aliphatic heterocycles. The van der Waals surface area contributed by atoms with Crippen LogP contribution < -0.4 is 16.6 Å². The molecular weight excluding hydrogens is 417 g/mol. The van der Waals surface area contributed by atoms with Crippen molar-refractivity contribution in [3.63, 3.8) is 0 Å². The molecule has 0 amide bonds. The molecule has 0 bridgehead atoms. The van der Waals surface area contributed by atoms with Gasteiger partial charge >= 0.3 is 5.69 Å². The number of H-pyrrole nitrogens is 1. The molecule has 150 valence electrons. The SMILES string of the molecule is CC(C)C1=CC(Cc2c(Cl)cc(-n3nc(C#N)c(=O)[nH]c3=O)cc2Cl)=CNC1O. The number of hydrogen-bond acceptors (Lipinski definition) is 6. The molecule has 0 radical (unpaired) electrons. The number of hydrogen-bond donors (Lipinski definition) is 3. The van der Waals surface area contributed by atoms with Gasteiger partial charge in [0, 0.05) is 22.7 Å². The van der Waals surface area contributed by atoms with Crippen molar-refractivity contribution in [3.8, 4) is 11.8 Å². The van der Waals surface area contributed by atoms with E-state index in [1.165, 1.54) is 12.1 Å². The summed E-state index contributed by atoms with van der Waals surface area (Å²) in [5.41, 5.74) is 0.427. The number of aromatic amines is 1. The molecule has 1 aromatic heterocycles. The number of rotatable bonds is 4. The van der Waals surface area contributed by atoms with Crippen LogP contribution in [-0.4, -0.2) is 26.1 Å². The molecule has 0 fully saturated rings. The predicted octanol–water partition coefficient (Wildman–Crippen LogP) is 2.03. The third-order valence-electron chi connectivity index (χ3n) is 4.45. The van der Waals surface area contributed by atoms with E-state index in [4.69, 9.17) is 28.5 Å². The Hall–Kier alpha value is -2.86. The monoisotopic (exact) mass is 433 g/mol. The third-order valence-corrected chi connectivity index (χ3v) is 5.12. The van der Waals surface area contributed by atoms with Crippen LogP contribution in [0.3, 0.4) is 0 Å². The Labute approximate surface area is 175 Å². The summed E-state index contributed by atoms with van der Waals surface area (Å²) < 4.78 is 0.857. The van der Waals surface area contributed by atoms with Gasteiger partial charge in [-0.15, -0.1) is 5.10 Å². The van der Waals surface area contributed by atoms with Crippen LogP contribution in [0.15, 0.2) is 45.1 Å². The standard InChI is InChI=1S/C19H17Cl2N5O3/c1-9(2)12-3-10(8-23-17(12)27)4-13-14(20)5-11(6-15(13)21)26-19(29)24-18(28)16(7-22)25-26/h3,5-6,8-9,17,23,27H,4H2,1-2H3,(H,24,28,29). The second-order valence-corrected chi connectivity index (χ2v) is 7.60. The first-order valence-electron chi connectivity index (χ1n) is 8.68. The van der Waals surface area contributed by atoms with E-state index >= 15 is 0 Å². The Morgan fingerprint density at radius 2 is 1.97 bits per heavy atom. The first kappa shape index (κ1) is 20.9. The molecule has 0 saturated carbocycles. The average Bonchev–Trinajstić information content (AvgIpc) is 2.65. The third kappa shape index (κ3) is 4.27. The van der Waals surface area contributed by atoms with Crippen LogP contribution in [0.25, 0.3) is 5.69 Å². The fourth-order valence-electron chi connectivity index (χ4n) is 2.93. The second kappa shape index (κ2) is 8.25. The number of halogens is 2. The maximum absolute atomic E-state index is 12.1. The fraction of sp³-hybridized carbons (Fsp3) is 0.263. The summed E-state index contributed by atoms with van der Waals surface area (Å²) in [4.78, 5) is 25.6. The molecule has 1 aliphatic rings. The topological polar surface area (TPSA) is 124 Å². The van der Waals surface area contributed by atoms with E-state index in [0.717, 1.165) is 15.8 Å². The zero-order valence-electron chi connectivity index (χ0n) is 15.5. The number of nitrogens with one attached hydrogen (secondary N) is 2. The number of aliphatic hydroxyl groups excluding tert-OH is 1. The van der Waals surface area contributed by atoms with Gasteiger partial charge < -0.3 is 10.4 Å². The highest BCUT2D eigenvalue weighted by atomic mass is 35.5. The van der Waals surface area contributed by atoms with Crippen LogP contribution in [0.5, 0.6) is 0 Å². The highest BCUT2D eigenvalue weighted by Gasteiger charge is 2.19. The molecule has 0 spiro atoms. The van der Waals surface area contributed by atoms with Crippen LogP contribution in [0, 0.1) is 17.2 Å². The van der Waals surface area contributed by atoms with Gasteiger partial charge in [-0.3, -0.25) is 9.78 Å². The van der Waals surface area contributed by atoms with E-state index in [1.807, 2.05) is 24.9 Å². The Morgan fingerprint density at radius 1 is 1.31 bits per heavy atom. The van der Waals surface area contributed by atoms with Crippen LogP contribution in [0.1, 0.15) is 25.1 Å². The first-order valence-corrected chi connectivity index (χ1v) is 9.43. The number of benzene rings is 1. The predicted molar refractivity (Wildman–Crippen MR) is 109 cm³/mol. The maximum atomic E-state index is 12.1. The van der Waals surface area contributed by atoms with Crippen molar-refractivity contribution >= 4 is 23.2 Å². The van der Waals surface area contributed by atoms with Gasteiger partial charge in [-0.05, 0) is 34.8 Å². The van der Waals surface area contributed by atoms with Gasteiger partial charge in [0.15, 0.2) is 0 Å². The maximum Gasteiger partial charge on any atom is 0.349 e. The molecule has 1 unspecified atom stereocenters. The molecule has 2 aromatic rings. The van der Waals surface area contributed by atoms with E-state index in [1.54, 1.807) is 12.3 Å². The Morgan fingerprint density at radius 3 is 2.55 bits per heavy atom. The summed E-state index contributed by atoms with van der Waals surface area (Å²) in [5, 5.41) is 26.2. The second-order valence-electron chi connectivity index (χ2n) is 6.78. The lowest BCUT2D eigenvalue weighted by molar-refractivity contribution is 0.176. The first-order chi connectivity index (χ1) is 13.7. The lowest BCUT2D eigenvalue weighted by Gasteiger charge is -2.24. The number of allylic oxidation sites excluding steroid dienone is 2. The molecule has 0 saturated heterocycles. The highest BCUT2D eigenvalue weighted by molar-refractivity contribution is 6.36.